The normalized spacial score (nSPS) is 16.2. The van der Waals surface area contributed by atoms with E-state index in [0.29, 0.717) is 0 Å². The van der Waals surface area contributed by atoms with Crippen molar-refractivity contribution in [1.29, 1.82) is 0 Å². The first kappa shape index (κ1) is 30.6. The summed E-state index contributed by atoms with van der Waals surface area (Å²) in [5, 5.41) is 4.27. The molecular weight excluding hydrogens is 661 g/mol. The molecule has 1 unspecified atom stereocenters. The van der Waals surface area contributed by atoms with E-state index < -0.39 is 5.60 Å². The molecule has 5 heteroatoms. The Morgan fingerprint density at radius 3 is 1.43 bits per heavy atom. The van der Waals surface area contributed by atoms with Crippen molar-refractivity contribution in [3.8, 4) is 39.5 Å². The summed E-state index contributed by atoms with van der Waals surface area (Å²) < 4.78 is 6.67. The molecule has 0 radical (unpaired) electrons. The van der Waals surface area contributed by atoms with Gasteiger partial charge >= 0.3 is 0 Å². The molecule has 1 aliphatic heterocycles. The van der Waals surface area contributed by atoms with Crippen LogP contribution in [0.25, 0.3) is 88.5 Å². The number of aromatic nitrogens is 4. The topological polar surface area (TPSA) is 60.8 Å². The number of hydrogen-bond donors (Lipinski definition) is 0. The number of allylic oxidation sites excluding steroid dienone is 2. The highest BCUT2D eigenvalue weighted by molar-refractivity contribution is 6.05. The van der Waals surface area contributed by atoms with Crippen LogP contribution in [0.3, 0.4) is 0 Å². The standard InChI is InChI=1S/C49H32N4O/c1-49-27-26-37(43-24-19-35-15-13-33-17-22-41(31-10-6-3-7-11-31)51-46(33)48(35)53-43)29-39(49)38-28-36(20-25-44(38)54-49)42-23-18-34-14-12-32-16-21-40(30-8-4-2-5-9-30)50-45(32)47(34)52-42/h2-26,28-29H,27H2,1H3. The molecule has 0 amide bonds. The molecule has 0 fully saturated rings. The second-order valence-corrected chi connectivity index (χ2v) is 14.4. The zero-order chi connectivity index (χ0) is 35.8. The average molecular weight is 693 g/mol. The Morgan fingerprint density at radius 1 is 0.463 bits per heavy atom. The lowest BCUT2D eigenvalue weighted by Gasteiger charge is -2.28. The Bertz CT molecular complexity index is 3060. The Labute approximate surface area is 312 Å². The smallest absolute Gasteiger partial charge is 0.135 e. The highest BCUT2D eigenvalue weighted by Crippen LogP contribution is 2.50. The van der Waals surface area contributed by atoms with Gasteiger partial charge in [0, 0.05) is 55.8 Å². The first-order valence-electron chi connectivity index (χ1n) is 18.3. The summed E-state index contributed by atoms with van der Waals surface area (Å²) in [6.07, 6.45) is 5.25. The molecule has 11 rings (SSSR count). The van der Waals surface area contributed by atoms with Gasteiger partial charge in [0.25, 0.3) is 0 Å². The Kier molecular flexibility index (Phi) is 6.68. The highest BCUT2D eigenvalue weighted by Gasteiger charge is 2.41. The summed E-state index contributed by atoms with van der Waals surface area (Å²) in [7, 11) is 0. The third-order valence-corrected chi connectivity index (χ3v) is 11.0. The lowest BCUT2D eigenvalue weighted by molar-refractivity contribution is 0.170. The maximum Gasteiger partial charge on any atom is 0.135 e. The molecule has 9 aromatic rings. The molecule has 254 valence electrons. The maximum absolute atomic E-state index is 6.67. The molecular formula is C49H32N4O. The van der Waals surface area contributed by atoms with E-state index in [9.17, 15) is 0 Å². The molecule has 1 atom stereocenters. The van der Waals surface area contributed by atoms with Crippen molar-refractivity contribution in [1.82, 2.24) is 19.9 Å². The second kappa shape index (κ2) is 11.8. The average Bonchev–Trinajstić information content (AvgIpc) is 3.54. The third kappa shape index (κ3) is 4.93. The van der Waals surface area contributed by atoms with E-state index >= 15 is 0 Å². The Hall–Kier alpha value is -6.98. The van der Waals surface area contributed by atoms with Gasteiger partial charge in [0.15, 0.2) is 0 Å². The zero-order valence-corrected chi connectivity index (χ0v) is 29.5. The van der Waals surface area contributed by atoms with Gasteiger partial charge in [-0.05, 0) is 61.0 Å². The first-order chi connectivity index (χ1) is 26.6. The summed E-state index contributed by atoms with van der Waals surface area (Å²) in [6, 6.07) is 52.5. The van der Waals surface area contributed by atoms with E-state index in [1.165, 1.54) is 0 Å². The van der Waals surface area contributed by atoms with Crippen molar-refractivity contribution >= 4 is 54.8 Å². The second-order valence-electron chi connectivity index (χ2n) is 14.4. The monoisotopic (exact) mass is 692 g/mol. The molecule has 0 saturated heterocycles. The minimum absolute atomic E-state index is 0.467. The van der Waals surface area contributed by atoms with E-state index in [4.69, 9.17) is 24.7 Å². The van der Waals surface area contributed by atoms with Crippen LogP contribution in [0, 0.1) is 0 Å². The molecule has 1 aliphatic carbocycles. The maximum atomic E-state index is 6.67. The van der Waals surface area contributed by atoms with Gasteiger partial charge in [-0.3, -0.25) is 0 Å². The van der Waals surface area contributed by atoms with Crippen LogP contribution < -0.4 is 4.74 Å². The highest BCUT2D eigenvalue weighted by atomic mass is 16.5. The van der Waals surface area contributed by atoms with Crippen molar-refractivity contribution in [3.63, 3.8) is 0 Å². The van der Waals surface area contributed by atoms with Crippen molar-refractivity contribution < 1.29 is 4.74 Å². The van der Waals surface area contributed by atoms with Gasteiger partial charge in [-0.25, -0.2) is 19.9 Å². The van der Waals surface area contributed by atoms with Crippen LogP contribution in [0.1, 0.15) is 24.6 Å². The number of ether oxygens (including phenoxy) is 1. The van der Waals surface area contributed by atoms with E-state index in [1.807, 2.05) is 36.4 Å². The number of fused-ring (bicyclic) bond motifs is 9. The van der Waals surface area contributed by atoms with Gasteiger partial charge in [-0.1, -0.05) is 115 Å². The van der Waals surface area contributed by atoms with Crippen molar-refractivity contribution in [2.75, 3.05) is 0 Å². The summed E-state index contributed by atoms with van der Waals surface area (Å²) in [4.78, 5) is 20.7. The number of pyridine rings is 4. The fraction of sp³-hybridized carbons (Fsp3) is 0.0612. The molecule has 4 aromatic heterocycles. The Morgan fingerprint density at radius 2 is 0.907 bits per heavy atom. The quantitative estimate of drug-likeness (QED) is 0.172. The van der Waals surface area contributed by atoms with Crippen LogP contribution in [0.15, 0.2) is 164 Å². The largest absolute Gasteiger partial charge is 0.482 e. The van der Waals surface area contributed by atoms with Crippen molar-refractivity contribution in [3.05, 3.63) is 175 Å². The number of rotatable bonds is 4. The molecule has 2 aliphatic rings. The van der Waals surface area contributed by atoms with Gasteiger partial charge in [-0.15, -0.1) is 0 Å². The lowest BCUT2D eigenvalue weighted by atomic mass is 9.82. The van der Waals surface area contributed by atoms with Crippen LogP contribution in [0.5, 0.6) is 5.75 Å². The number of benzene rings is 5. The van der Waals surface area contributed by atoms with E-state index in [2.05, 4.69) is 134 Å². The summed E-state index contributed by atoms with van der Waals surface area (Å²) in [5.74, 6) is 0.887. The van der Waals surface area contributed by atoms with Crippen LogP contribution in [-0.2, 0) is 0 Å². The van der Waals surface area contributed by atoms with Gasteiger partial charge < -0.3 is 4.74 Å². The van der Waals surface area contributed by atoms with Crippen molar-refractivity contribution in [2.24, 2.45) is 0 Å². The predicted molar refractivity (Wildman–Crippen MR) is 220 cm³/mol. The fourth-order valence-corrected chi connectivity index (χ4v) is 8.05. The molecule has 5 aromatic carbocycles. The van der Waals surface area contributed by atoms with E-state index in [0.717, 1.165) is 112 Å². The van der Waals surface area contributed by atoms with Crippen LogP contribution in [0.4, 0.5) is 0 Å². The summed E-state index contributed by atoms with van der Waals surface area (Å²) in [5.41, 5.74) is 13.4. The SMILES string of the molecule is CC12CC=C(c3ccc4ccc5ccc(-c6ccccc6)nc5c4n3)C=C1c1cc(-c3ccc4ccc5ccc(-c6ccccc6)nc5c4n3)ccc1O2. The van der Waals surface area contributed by atoms with Crippen LogP contribution >= 0.6 is 0 Å². The summed E-state index contributed by atoms with van der Waals surface area (Å²) >= 11 is 0. The van der Waals surface area contributed by atoms with Gasteiger partial charge in [-0.2, -0.15) is 0 Å². The minimum Gasteiger partial charge on any atom is -0.482 e. The zero-order valence-electron chi connectivity index (χ0n) is 29.5. The van der Waals surface area contributed by atoms with E-state index in [1.54, 1.807) is 0 Å². The minimum atomic E-state index is -0.467. The molecule has 5 nitrogen and oxygen atoms in total. The number of hydrogen-bond acceptors (Lipinski definition) is 5. The van der Waals surface area contributed by atoms with Gasteiger partial charge in [0.05, 0.1) is 44.8 Å². The molecule has 5 heterocycles. The lowest BCUT2D eigenvalue weighted by Crippen LogP contribution is -2.30. The van der Waals surface area contributed by atoms with Crippen molar-refractivity contribution in [2.45, 2.75) is 18.9 Å². The van der Waals surface area contributed by atoms with Gasteiger partial charge in [0.1, 0.15) is 11.4 Å². The molecule has 54 heavy (non-hydrogen) atoms. The van der Waals surface area contributed by atoms with E-state index in [-0.39, 0.29) is 0 Å². The van der Waals surface area contributed by atoms with Gasteiger partial charge in [0.2, 0.25) is 0 Å². The molecule has 0 N–H and O–H groups in total. The predicted octanol–water partition coefficient (Wildman–Crippen LogP) is 11.9. The molecule has 0 saturated carbocycles. The van der Waals surface area contributed by atoms with Crippen LogP contribution in [-0.4, -0.2) is 25.5 Å². The Balaban J connectivity index is 0.988. The number of nitrogens with zero attached hydrogens (tertiary/aromatic N) is 4. The summed E-state index contributed by atoms with van der Waals surface area (Å²) in [6.45, 7) is 2.18. The first-order valence-corrected chi connectivity index (χ1v) is 18.3. The molecule has 0 spiro atoms. The third-order valence-electron chi connectivity index (χ3n) is 11.0. The van der Waals surface area contributed by atoms with Crippen LogP contribution in [0.2, 0.25) is 0 Å². The fourth-order valence-electron chi connectivity index (χ4n) is 8.05. The molecule has 0 bridgehead atoms.